The van der Waals surface area contributed by atoms with E-state index in [0.29, 0.717) is 23.0 Å². The number of rotatable bonds is 6. The molecule has 0 bridgehead atoms. The molecule has 1 saturated carbocycles. The van der Waals surface area contributed by atoms with Crippen molar-refractivity contribution in [3.05, 3.63) is 76.0 Å². The van der Waals surface area contributed by atoms with Crippen LogP contribution in [0.15, 0.2) is 69.7 Å². The first-order valence-corrected chi connectivity index (χ1v) is 10.7. The van der Waals surface area contributed by atoms with Gasteiger partial charge in [-0.1, -0.05) is 0 Å². The molecule has 4 rings (SSSR count). The molecule has 1 fully saturated rings. The van der Waals surface area contributed by atoms with Crippen LogP contribution in [0.25, 0.3) is 5.69 Å². The summed E-state index contributed by atoms with van der Waals surface area (Å²) in [5.41, 5.74) is 1.65. The van der Waals surface area contributed by atoms with Crippen molar-refractivity contribution >= 4 is 23.6 Å². The number of aryl methyl sites for hydroxylation is 1. The molecule has 33 heavy (non-hydrogen) atoms. The van der Waals surface area contributed by atoms with E-state index in [9.17, 15) is 9.59 Å². The van der Waals surface area contributed by atoms with Crippen molar-refractivity contribution in [3.8, 4) is 5.69 Å². The van der Waals surface area contributed by atoms with Crippen molar-refractivity contribution in [3.63, 3.8) is 0 Å². The SMILES string of the molecule is CNC1=CC(Nc2cccn(-c3ccc(C)nc3)c2=O)=N/C(=C(/C=N)C(=O)NC2CCC2)N1. The molecule has 2 aromatic rings. The second kappa shape index (κ2) is 9.51. The number of carbonyl (C=O) groups excluding carboxylic acids is 1. The van der Waals surface area contributed by atoms with Gasteiger partial charge in [0.25, 0.3) is 11.5 Å². The predicted molar refractivity (Wildman–Crippen MR) is 127 cm³/mol. The summed E-state index contributed by atoms with van der Waals surface area (Å²) in [4.78, 5) is 34.5. The summed E-state index contributed by atoms with van der Waals surface area (Å²) in [6.07, 6.45) is 8.94. The lowest BCUT2D eigenvalue weighted by atomic mass is 9.93. The summed E-state index contributed by atoms with van der Waals surface area (Å²) in [5, 5.41) is 19.7. The first-order chi connectivity index (χ1) is 16.0. The third-order valence-corrected chi connectivity index (χ3v) is 5.50. The molecule has 5 N–H and O–H groups in total. The van der Waals surface area contributed by atoms with Gasteiger partial charge in [-0.05, 0) is 50.5 Å². The largest absolute Gasteiger partial charge is 0.375 e. The van der Waals surface area contributed by atoms with Gasteiger partial charge in [-0.3, -0.25) is 19.1 Å². The molecule has 170 valence electrons. The number of nitrogens with one attached hydrogen (secondary N) is 5. The Hall–Kier alpha value is -4.21. The highest BCUT2D eigenvalue weighted by molar-refractivity contribution is 6.13. The summed E-state index contributed by atoms with van der Waals surface area (Å²) in [6, 6.07) is 7.20. The lowest BCUT2D eigenvalue weighted by Crippen LogP contribution is -2.41. The molecule has 3 heterocycles. The third-order valence-electron chi connectivity index (χ3n) is 5.50. The van der Waals surface area contributed by atoms with Gasteiger partial charge in [-0.2, -0.15) is 0 Å². The van der Waals surface area contributed by atoms with E-state index in [1.54, 1.807) is 37.7 Å². The molecule has 0 radical (unpaired) electrons. The highest BCUT2D eigenvalue weighted by Crippen LogP contribution is 2.19. The fourth-order valence-electron chi connectivity index (χ4n) is 3.40. The van der Waals surface area contributed by atoms with Crippen LogP contribution in [0.3, 0.4) is 0 Å². The molecule has 1 aliphatic heterocycles. The van der Waals surface area contributed by atoms with E-state index in [0.717, 1.165) is 31.2 Å². The second-order valence-corrected chi connectivity index (χ2v) is 7.82. The lowest BCUT2D eigenvalue weighted by Gasteiger charge is -2.27. The average molecular weight is 447 g/mol. The molecule has 1 amide bonds. The van der Waals surface area contributed by atoms with Gasteiger partial charge in [0, 0.05) is 37.3 Å². The summed E-state index contributed by atoms with van der Waals surface area (Å²) in [7, 11) is 1.72. The van der Waals surface area contributed by atoms with Gasteiger partial charge >= 0.3 is 0 Å². The number of carbonyl (C=O) groups is 1. The molecule has 2 aliphatic rings. The Morgan fingerprint density at radius 2 is 2.12 bits per heavy atom. The molecule has 0 unspecified atom stereocenters. The fraction of sp³-hybridized carbons (Fsp3) is 0.261. The maximum absolute atomic E-state index is 13.1. The third kappa shape index (κ3) is 4.84. The minimum absolute atomic E-state index is 0.109. The summed E-state index contributed by atoms with van der Waals surface area (Å²) < 4.78 is 1.49. The highest BCUT2D eigenvalue weighted by Gasteiger charge is 2.24. The molecule has 1 aliphatic carbocycles. The van der Waals surface area contributed by atoms with Crippen molar-refractivity contribution in [2.45, 2.75) is 32.2 Å². The number of hydrogen-bond donors (Lipinski definition) is 5. The van der Waals surface area contributed by atoms with E-state index in [2.05, 4.69) is 31.2 Å². The number of aliphatic imine (C=N–C) groups is 1. The topological polar surface area (TPSA) is 136 Å². The average Bonchev–Trinajstić information content (AvgIpc) is 2.79. The summed E-state index contributed by atoms with van der Waals surface area (Å²) >= 11 is 0. The van der Waals surface area contributed by atoms with Gasteiger partial charge in [0.15, 0.2) is 0 Å². The standard InChI is InChI=1S/C23H26N8O2/c1-14-8-9-16(13-26-14)31-10-4-7-18(23(31)33)28-20-11-19(25-2)29-21(30-20)17(12-24)22(32)27-15-5-3-6-15/h4,7-13,15,24-25,29H,3,5-6H2,1-2H3,(H,27,32)(H,28,30)/b21-17-,24-12?. The monoisotopic (exact) mass is 446 g/mol. The van der Waals surface area contributed by atoms with Crippen molar-refractivity contribution in [1.29, 1.82) is 5.41 Å². The van der Waals surface area contributed by atoms with Crippen LogP contribution in [-0.2, 0) is 4.79 Å². The molecule has 2 aromatic heterocycles. The maximum atomic E-state index is 13.1. The Balaban J connectivity index is 1.65. The number of anilines is 1. The molecular weight excluding hydrogens is 420 g/mol. The smallest absolute Gasteiger partial charge is 0.278 e. The number of amidine groups is 1. The van der Waals surface area contributed by atoms with Gasteiger partial charge in [0.2, 0.25) is 0 Å². The van der Waals surface area contributed by atoms with Gasteiger partial charge in [0.1, 0.15) is 23.2 Å². The zero-order valence-electron chi connectivity index (χ0n) is 18.5. The Morgan fingerprint density at radius 1 is 1.30 bits per heavy atom. The lowest BCUT2D eigenvalue weighted by molar-refractivity contribution is -0.118. The van der Waals surface area contributed by atoms with Gasteiger partial charge < -0.3 is 26.7 Å². The van der Waals surface area contributed by atoms with Crippen molar-refractivity contribution < 1.29 is 4.79 Å². The molecular formula is C23H26N8O2. The normalized spacial score (nSPS) is 17.0. The molecule has 10 heteroatoms. The van der Waals surface area contributed by atoms with Crippen LogP contribution in [0.1, 0.15) is 25.0 Å². The number of pyridine rings is 2. The van der Waals surface area contributed by atoms with Crippen LogP contribution in [-0.4, -0.2) is 40.6 Å². The zero-order valence-corrected chi connectivity index (χ0v) is 18.5. The highest BCUT2D eigenvalue weighted by atomic mass is 16.2. The molecule has 0 spiro atoms. The van der Waals surface area contributed by atoms with Crippen LogP contribution in [0.5, 0.6) is 0 Å². The Morgan fingerprint density at radius 3 is 2.76 bits per heavy atom. The van der Waals surface area contributed by atoms with Crippen molar-refractivity contribution in [1.82, 2.24) is 25.5 Å². The van der Waals surface area contributed by atoms with Gasteiger partial charge in [-0.25, -0.2) is 4.99 Å². The summed E-state index contributed by atoms with van der Waals surface area (Å²) in [5.74, 6) is 0.778. The van der Waals surface area contributed by atoms with E-state index in [1.807, 2.05) is 19.1 Å². The van der Waals surface area contributed by atoms with Crippen LogP contribution in [0, 0.1) is 12.3 Å². The van der Waals surface area contributed by atoms with Crippen molar-refractivity contribution in [2.75, 3.05) is 12.4 Å². The van der Waals surface area contributed by atoms with E-state index in [4.69, 9.17) is 5.41 Å². The van der Waals surface area contributed by atoms with Gasteiger partial charge in [-0.15, -0.1) is 0 Å². The molecule has 0 aromatic carbocycles. The first-order valence-electron chi connectivity index (χ1n) is 10.7. The molecule has 0 saturated heterocycles. The number of nitrogens with zero attached hydrogens (tertiary/aromatic N) is 3. The fourth-order valence-corrected chi connectivity index (χ4v) is 3.40. The summed E-state index contributed by atoms with van der Waals surface area (Å²) in [6.45, 7) is 1.88. The number of amides is 1. The Bertz CT molecular complexity index is 1220. The molecule has 0 atom stereocenters. The van der Waals surface area contributed by atoms with E-state index in [-0.39, 0.29) is 28.9 Å². The van der Waals surface area contributed by atoms with E-state index < -0.39 is 0 Å². The quantitative estimate of drug-likeness (QED) is 0.337. The van der Waals surface area contributed by atoms with Crippen LogP contribution >= 0.6 is 0 Å². The minimum atomic E-state index is -0.355. The Kier molecular flexibility index (Phi) is 6.34. The minimum Gasteiger partial charge on any atom is -0.375 e. The number of hydrogen-bond acceptors (Lipinski definition) is 8. The Labute approximate surface area is 191 Å². The number of aromatic nitrogens is 2. The molecule has 10 nitrogen and oxygen atoms in total. The zero-order chi connectivity index (χ0) is 23.4. The van der Waals surface area contributed by atoms with E-state index in [1.165, 1.54) is 4.57 Å². The van der Waals surface area contributed by atoms with E-state index >= 15 is 0 Å². The second-order valence-electron chi connectivity index (χ2n) is 7.82. The van der Waals surface area contributed by atoms with Crippen LogP contribution in [0.4, 0.5) is 5.69 Å². The first kappa shape index (κ1) is 22.0. The maximum Gasteiger partial charge on any atom is 0.278 e. The van der Waals surface area contributed by atoms with Crippen LogP contribution in [0.2, 0.25) is 0 Å². The predicted octanol–water partition coefficient (Wildman–Crippen LogP) is 1.55. The van der Waals surface area contributed by atoms with Gasteiger partial charge in [0.05, 0.1) is 17.5 Å². The van der Waals surface area contributed by atoms with Crippen molar-refractivity contribution in [2.24, 2.45) is 4.99 Å². The van der Waals surface area contributed by atoms with Crippen LogP contribution < -0.4 is 26.8 Å².